The first-order chi connectivity index (χ1) is 16.0. The SMILES string of the molecule is CN(C)c1cc(C(Cc2ccccc2)NC(=O)CN2CCCC2=O)nc(-c2cccnc2)n1. The van der Waals surface area contributed by atoms with Gasteiger partial charge in [0.25, 0.3) is 0 Å². The van der Waals surface area contributed by atoms with Crippen LogP contribution in [-0.4, -0.2) is 58.9 Å². The third kappa shape index (κ3) is 5.71. The van der Waals surface area contributed by atoms with Crippen LogP contribution in [0.3, 0.4) is 0 Å². The lowest BCUT2D eigenvalue weighted by molar-refractivity contribution is -0.133. The van der Waals surface area contributed by atoms with Gasteiger partial charge in [0.2, 0.25) is 11.8 Å². The molecule has 0 radical (unpaired) electrons. The summed E-state index contributed by atoms with van der Waals surface area (Å²) in [6.07, 6.45) is 5.30. The highest BCUT2D eigenvalue weighted by atomic mass is 16.2. The van der Waals surface area contributed by atoms with Gasteiger partial charge in [-0.05, 0) is 30.5 Å². The summed E-state index contributed by atoms with van der Waals surface area (Å²) in [6, 6.07) is 15.2. The number of nitrogens with one attached hydrogen (secondary N) is 1. The molecule has 1 N–H and O–H groups in total. The minimum atomic E-state index is -0.380. The van der Waals surface area contributed by atoms with Crippen LogP contribution >= 0.6 is 0 Å². The summed E-state index contributed by atoms with van der Waals surface area (Å²) in [5, 5.41) is 3.12. The Morgan fingerprint density at radius 2 is 1.97 bits per heavy atom. The smallest absolute Gasteiger partial charge is 0.240 e. The van der Waals surface area contributed by atoms with Gasteiger partial charge in [-0.2, -0.15) is 0 Å². The van der Waals surface area contributed by atoms with Crippen molar-refractivity contribution in [3.63, 3.8) is 0 Å². The van der Waals surface area contributed by atoms with E-state index in [1.807, 2.05) is 67.5 Å². The molecule has 0 spiro atoms. The van der Waals surface area contributed by atoms with Gasteiger partial charge in [0, 0.05) is 51.1 Å². The van der Waals surface area contributed by atoms with E-state index in [-0.39, 0.29) is 24.4 Å². The maximum Gasteiger partial charge on any atom is 0.240 e. The van der Waals surface area contributed by atoms with E-state index in [9.17, 15) is 9.59 Å². The Morgan fingerprint density at radius 1 is 1.15 bits per heavy atom. The van der Waals surface area contributed by atoms with Gasteiger partial charge in [-0.3, -0.25) is 14.6 Å². The third-order valence-corrected chi connectivity index (χ3v) is 5.59. The van der Waals surface area contributed by atoms with Crippen LogP contribution in [0.5, 0.6) is 0 Å². The summed E-state index contributed by atoms with van der Waals surface area (Å²) < 4.78 is 0. The van der Waals surface area contributed by atoms with Crippen LogP contribution in [0.1, 0.15) is 30.1 Å². The van der Waals surface area contributed by atoms with E-state index in [0.717, 1.165) is 23.4 Å². The molecule has 1 atom stereocenters. The molecule has 0 saturated carbocycles. The second-order valence-corrected chi connectivity index (χ2v) is 8.34. The highest BCUT2D eigenvalue weighted by Crippen LogP contribution is 2.24. The summed E-state index contributed by atoms with van der Waals surface area (Å²) in [4.78, 5) is 42.1. The number of amides is 2. The van der Waals surface area contributed by atoms with E-state index < -0.39 is 0 Å². The lowest BCUT2D eigenvalue weighted by Crippen LogP contribution is -2.40. The van der Waals surface area contributed by atoms with Crippen molar-refractivity contribution in [3.8, 4) is 11.4 Å². The number of anilines is 1. The Kier molecular flexibility index (Phi) is 6.92. The molecule has 3 aromatic rings. The van der Waals surface area contributed by atoms with Crippen LogP contribution < -0.4 is 10.2 Å². The van der Waals surface area contributed by atoms with Crippen molar-refractivity contribution in [1.29, 1.82) is 0 Å². The first kappa shape index (κ1) is 22.4. The van der Waals surface area contributed by atoms with Crippen LogP contribution in [0.25, 0.3) is 11.4 Å². The van der Waals surface area contributed by atoms with Gasteiger partial charge in [-0.15, -0.1) is 0 Å². The largest absolute Gasteiger partial charge is 0.363 e. The minimum absolute atomic E-state index is 0.0283. The fraction of sp³-hybridized carbons (Fsp3) is 0.320. The van der Waals surface area contributed by atoms with Crippen LogP contribution in [0.2, 0.25) is 0 Å². The monoisotopic (exact) mass is 444 g/mol. The fourth-order valence-corrected chi connectivity index (χ4v) is 3.85. The molecule has 1 aromatic carbocycles. The molecule has 1 aliphatic heterocycles. The number of hydrogen-bond donors (Lipinski definition) is 1. The molecule has 170 valence electrons. The van der Waals surface area contributed by atoms with E-state index in [0.29, 0.717) is 30.9 Å². The number of carbonyl (C=O) groups is 2. The van der Waals surface area contributed by atoms with E-state index in [4.69, 9.17) is 4.98 Å². The van der Waals surface area contributed by atoms with Gasteiger partial charge in [0.1, 0.15) is 5.82 Å². The molecule has 2 amide bonds. The van der Waals surface area contributed by atoms with Crippen LogP contribution in [0.15, 0.2) is 60.9 Å². The van der Waals surface area contributed by atoms with Crippen LogP contribution in [0, 0.1) is 0 Å². The van der Waals surface area contributed by atoms with Crippen molar-refractivity contribution < 1.29 is 9.59 Å². The summed E-state index contributed by atoms with van der Waals surface area (Å²) in [6.45, 7) is 0.685. The van der Waals surface area contributed by atoms with Gasteiger partial charge in [0.15, 0.2) is 5.82 Å². The molecular formula is C25H28N6O2. The van der Waals surface area contributed by atoms with Crippen molar-refractivity contribution in [3.05, 3.63) is 72.2 Å². The lowest BCUT2D eigenvalue weighted by Gasteiger charge is -2.23. The molecule has 8 heteroatoms. The number of carbonyl (C=O) groups excluding carboxylic acids is 2. The van der Waals surface area contributed by atoms with Crippen molar-refractivity contribution in [2.75, 3.05) is 32.1 Å². The molecule has 0 bridgehead atoms. The third-order valence-electron chi connectivity index (χ3n) is 5.59. The number of hydrogen-bond acceptors (Lipinski definition) is 6. The van der Waals surface area contributed by atoms with E-state index >= 15 is 0 Å². The summed E-state index contributed by atoms with van der Waals surface area (Å²) in [7, 11) is 3.84. The number of nitrogens with zero attached hydrogens (tertiary/aromatic N) is 5. The maximum absolute atomic E-state index is 12.9. The molecule has 1 unspecified atom stereocenters. The first-order valence-electron chi connectivity index (χ1n) is 11.1. The number of rotatable bonds is 8. The predicted molar refractivity (Wildman–Crippen MR) is 126 cm³/mol. The Hall–Kier alpha value is -3.81. The van der Waals surface area contributed by atoms with Crippen molar-refractivity contribution in [1.82, 2.24) is 25.2 Å². The average Bonchev–Trinajstić information content (AvgIpc) is 3.23. The maximum atomic E-state index is 12.9. The fourth-order valence-electron chi connectivity index (χ4n) is 3.85. The van der Waals surface area contributed by atoms with Gasteiger partial charge in [0.05, 0.1) is 18.3 Å². The molecule has 2 aromatic heterocycles. The number of likely N-dealkylation sites (tertiary alicyclic amines) is 1. The highest BCUT2D eigenvalue weighted by molar-refractivity contribution is 5.86. The Balaban J connectivity index is 1.67. The van der Waals surface area contributed by atoms with E-state index in [1.54, 1.807) is 17.3 Å². The molecule has 1 fully saturated rings. The minimum Gasteiger partial charge on any atom is -0.363 e. The Bertz CT molecular complexity index is 1100. The molecule has 3 heterocycles. The normalized spacial score (nSPS) is 14.2. The van der Waals surface area contributed by atoms with Crippen LogP contribution in [-0.2, 0) is 16.0 Å². The molecular weight excluding hydrogens is 416 g/mol. The summed E-state index contributed by atoms with van der Waals surface area (Å²) in [5.74, 6) is 1.12. The molecule has 8 nitrogen and oxygen atoms in total. The van der Waals surface area contributed by atoms with E-state index in [1.165, 1.54) is 0 Å². The second kappa shape index (κ2) is 10.2. The first-order valence-corrected chi connectivity index (χ1v) is 11.1. The molecule has 1 saturated heterocycles. The molecule has 33 heavy (non-hydrogen) atoms. The standard InChI is InChI=1S/C25H28N6O2/c1-30(2)22-15-21(28-25(29-22)19-10-6-12-26-16-19)20(14-18-8-4-3-5-9-18)27-23(32)17-31-13-7-11-24(31)33/h3-6,8-10,12,15-16,20H,7,11,13-14,17H2,1-2H3,(H,27,32). The number of pyridine rings is 1. The zero-order valence-corrected chi connectivity index (χ0v) is 18.9. The average molecular weight is 445 g/mol. The topological polar surface area (TPSA) is 91.3 Å². The van der Waals surface area contributed by atoms with E-state index in [2.05, 4.69) is 15.3 Å². The Morgan fingerprint density at radius 3 is 2.64 bits per heavy atom. The quantitative estimate of drug-likeness (QED) is 0.574. The summed E-state index contributed by atoms with van der Waals surface area (Å²) in [5.41, 5.74) is 2.58. The zero-order valence-electron chi connectivity index (χ0n) is 18.9. The molecule has 4 rings (SSSR count). The second-order valence-electron chi connectivity index (χ2n) is 8.34. The van der Waals surface area contributed by atoms with Crippen molar-refractivity contribution in [2.24, 2.45) is 0 Å². The van der Waals surface area contributed by atoms with Crippen LogP contribution in [0.4, 0.5) is 5.82 Å². The molecule has 1 aliphatic rings. The van der Waals surface area contributed by atoms with Crippen molar-refractivity contribution in [2.45, 2.75) is 25.3 Å². The van der Waals surface area contributed by atoms with Gasteiger partial charge >= 0.3 is 0 Å². The van der Waals surface area contributed by atoms with Gasteiger partial charge in [-0.25, -0.2) is 9.97 Å². The predicted octanol–water partition coefficient (Wildman–Crippen LogP) is 2.63. The number of benzene rings is 1. The van der Waals surface area contributed by atoms with Crippen molar-refractivity contribution >= 4 is 17.6 Å². The lowest BCUT2D eigenvalue weighted by atomic mass is 10.0. The Labute approximate surface area is 193 Å². The van der Waals surface area contributed by atoms with Gasteiger partial charge < -0.3 is 15.1 Å². The zero-order chi connectivity index (χ0) is 23.2. The molecule has 0 aliphatic carbocycles. The van der Waals surface area contributed by atoms with Gasteiger partial charge in [-0.1, -0.05) is 30.3 Å². The highest BCUT2D eigenvalue weighted by Gasteiger charge is 2.25. The summed E-state index contributed by atoms with van der Waals surface area (Å²) >= 11 is 0. The number of aromatic nitrogens is 3.